The fourth-order valence-electron chi connectivity index (χ4n) is 1.66. The van der Waals surface area contributed by atoms with E-state index in [2.05, 4.69) is 10.6 Å². The Balaban J connectivity index is 2.09. The molecule has 0 saturated heterocycles. The lowest BCUT2D eigenvalue weighted by molar-refractivity contribution is 0.262. The molecule has 0 aromatic heterocycles. The third kappa shape index (κ3) is 4.89. The second-order valence-corrected chi connectivity index (χ2v) is 7.93. The first-order chi connectivity index (χ1) is 10.7. The van der Waals surface area contributed by atoms with Crippen LogP contribution in [0, 0.1) is 0 Å². The molecule has 0 aliphatic carbocycles. The van der Waals surface area contributed by atoms with Gasteiger partial charge in [-0.2, -0.15) is 0 Å². The molecule has 0 heterocycles. The standard InChI is InChI=1S/C13H9Cl2F5N2OS/c14-11-6-3-9(7-12(11)15)22-13(23)21-8-1-4-10(5-2-8)24(16,17,18,19)20/h1-7H,(H2,21,22,23). The largest absolute Gasteiger partial charge is 0.323 e. The van der Waals surface area contributed by atoms with Crippen molar-refractivity contribution in [2.45, 2.75) is 4.90 Å². The monoisotopic (exact) mass is 406 g/mol. The summed E-state index contributed by atoms with van der Waals surface area (Å²) >= 11 is 11.5. The zero-order chi connectivity index (χ0) is 18.2. The molecule has 2 N–H and O–H groups in total. The lowest BCUT2D eigenvalue weighted by Gasteiger charge is -2.40. The first kappa shape index (κ1) is 18.6. The lowest BCUT2D eigenvalue weighted by atomic mass is 10.3. The van der Waals surface area contributed by atoms with Gasteiger partial charge in [0.1, 0.15) is 4.90 Å². The Bertz CT molecular complexity index is 797. The summed E-state index contributed by atoms with van der Waals surface area (Å²) in [5.74, 6) is 0. The molecule has 0 aliphatic heterocycles. The molecule has 0 aliphatic rings. The van der Waals surface area contributed by atoms with Gasteiger partial charge in [-0.25, -0.2) is 4.79 Å². The van der Waals surface area contributed by atoms with Crippen LogP contribution < -0.4 is 10.6 Å². The van der Waals surface area contributed by atoms with E-state index in [9.17, 15) is 24.2 Å². The van der Waals surface area contributed by atoms with Crippen LogP contribution in [-0.4, -0.2) is 6.03 Å². The van der Waals surface area contributed by atoms with Crippen LogP contribution in [0.2, 0.25) is 10.0 Å². The summed E-state index contributed by atoms with van der Waals surface area (Å²) in [6.07, 6.45) is 0. The van der Waals surface area contributed by atoms with Crippen molar-refractivity contribution in [1.82, 2.24) is 0 Å². The number of nitrogens with one attached hydrogen (secondary N) is 2. The van der Waals surface area contributed by atoms with E-state index in [1.807, 2.05) is 0 Å². The molecule has 0 atom stereocenters. The number of amides is 2. The average Bonchev–Trinajstić information content (AvgIpc) is 2.41. The molecule has 0 fully saturated rings. The highest BCUT2D eigenvalue weighted by Crippen LogP contribution is 3.02. The summed E-state index contributed by atoms with van der Waals surface area (Å²) < 4.78 is 62.9. The average molecular weight is 407 g/mol. The first-order valence-electron chi connectivity index (χ1n) is 6.12. The maximum absolute atomic E-state index is 12.6. The normalized spacial score (nSPS) is 14.5. The van der Waals surface area contributed by atoms with E-state index in [0.29, 0.717) is 0 Å². The Morgan fingerprint density at radius 3 is 1.79 bits per heavy atom. The van der Waals surface area contributed by atoms with E-state index in [4.69, 9.17) is 23.2 Å². The summed E-state index contributed by atoms with van der Waals surface area (Å²) in [5.41, 5.74) is 0.184. The molecule has 3 nitrogen and oxygen atoms in total. The number of rotatable bonds is 3. The Morgan fingerprint density at radius 2 is 1.29 bits per heavy atom. The number of benzene rings is 2. The minimum Gasteiger partial charge on any atom is -0.308 e. The molecule has 24 heavy (non-hydrogen) atoms. The SMILES string of the molecule is O=C(Nc1ccc(S(F)(F)(F)(F)F)cc1)Nc1ccc(Cl)c(Cl)c1. The summed E-state index contributed by atoms with van der Waals surface area (Å²) in [4.78, 5) is 9.69. The maximum Gasteiger partial charge on any atom is 0.323 e. The number of urea groups is 1. The third-order valence-electron chi connectivity index (χ3n) is 2.74. The fraction of sp³-hybridized carbons (Fsp3) is 0. The molecule has 0 bridgehead atoms. The summed E-state index contributed by atoms with van der Waals surface area (Å²) in [6, 6.07) is 5.30. The van der Waals surface area contributed by atoms with Crippen LogP contribution in [0.1, 0.15) is 0 Å². The third-order valence-corrected chi connectivity index (χ3v) is 4.64. The van der Waals surface area contributed by atoms with Crippen molar-refractivity contribution in [2.24, 2.45) is 0 Å². The molecule has 0 spiro atoms. The molecule has 2 rings (SSSR count). The van der Waals surface area contributed by atoms with Gasteiger partial charge < -0.3 is 10.6 Å². The van der Waals surface area contributed by atoms with E-state index in [0.717, 1.165) is 12.1 Å². The van der Waals surface area contributed by atoms with Crippen LogP contribution in [0.3, 0.4) is 0 Å². The van der Waals surface area contributed by atoms with E-state index in [1.165, 1.54) is 18.2 Å². The minimum absolute atomic E-state index is 0.0989. The van der Waals surface area contributed by atoms with Gasteiger partial charge in [-0.05, 0) is 42.5 Å². The predicted octanol–water partition coefficient (Wildman–Crippen LogP) is 7.29. The Kier molecular flexibility index (Phi) is 4.19. The van der Waals surface area contributed by atoms with E-state index < -0.39 is 21.2 Å². The molecule has 2 aromatic carbocycles. The van der Waals surface area contributed by atoms with Gasteiger partial charge >= 0.3 is 16.3 Å². The van der Waals surface area contributed by atoms with Crippen molar-refractivity contribution in [1.29, 1.82) is 0 Å². The van der Waals surface area contributed by atoms with Crippen molar-refractivity contribution in [3.63, 3.8) is 0 Å². The predicted molar refractivity (Wildman–Crippen MR) is 86.9 cm³/mol. The number of carbonyl (C=O) groups excluding carboxylic acids is 1. The molecule has 11 heteroatoms. The molecule has 2 aromatic rings. The number of anilines is 2. The van der Waals surface area contributed by atoms with Gasteiger partial charge in [-0.1, -0.05) is 42.6 Å². The molecular formula is C13H9Cl2F5N2OS. The van der Waals surface area contributed by atoms with Gasteiger partial charge in [0.2, 0.25) is 0 Å². The van der Waals surface area contributed by atoms with Crippen molar-refractivity contribution in [3.8, 4) is 0 Å². The van der Waals surface area contributed by atoms with Crippen molar-refractivity contribution < 1.29 is 24.2 Å². The summed E-state index contributed by atoms with van der Waals surface area (Å²) in [5, 5.41) is 5.03. The number of carbonyl (C=O) groups is 1. The number of hydrogen-bond donors (Lipinski definition) is 2. The molecule has 0 radical (unpaired) electrons. The Hall–Kier alpha value is -1.71. The second kappa shape index (κ2) is 5.40. The van der Waals surface area contributed by atoms with Gasteiger partial charge in [0, 0.05) is 11.4 Å². The summed E-state index contributed by atoms with van der Waals surface area (Å²) in [6.45, 7) is 0. The quantitative estimate of drug-likeness (QED) is 0.516. The first-order valence-corrected chi connectivity index (χ1v) is 8.82. The highest BCUT2D eigenvalue weighted by Gasteiger charge is 2.65. The summed E-state index contributed by atoms with van der Waals surface area (Å²) in [7, 11) is -9.73. The molecule has 132 valence electrons. The van der Waals surface area contributed by atoms with Gasteiger partial charge in [-0.15, -0.1) is 0 Å². The van der Waals surface area contributed by atoms with Gasteiger partial charge in [0.15, 0.2) is 0 Å². The minimum atomic E-state index is -9.73. The maximum atomic E-state index is 12.6. The van der Waals surface area contributed by atoms with E-state index in [1.54, 1.807) is 0 Å². The fourth-order valence-corrected chi connectivity index (χ4v) is 2.61. The van der Waals surface area contributed by atoms with Crippen molar-refractivity contribution in [3.05, 3.63) is 52.5 Å². The topological polar surface area (TPSA) is 41.1 Å². The second-order valence-electron chi connectivity index (χ2n) is 4.70. The van der Waals surface area contributed by atoms with E-state index in [-0.39, 0.29) is 33.6 Å². The molecule has 0 unspecified atom stereocenters. The van der Waals surface area contributed by atoms with E-state index >= 15 is 0 Å². The zero-order valence-electron chi connectivity index (χ0n) is 11.5. The van der Waals surface area contributed by atoms with Crippen molar-refractivity contribution in [2.75, 3.05) is 10.6 Å². The van der Waals surface area contributed by atoms with Gasteiger partial charge in [0.25, 0.3) is 0 Å². The molecule has 0 saturated carbocycles. The molecule has 2 amide bonds. The van der Waals surface area contributed by atoms with Crippen LogP contribution in [0.4, 0.5) is 35.6 Å². The van der Waals surface area contributed by atoms with Crippen LogP contribution in [0.25, 0.3) is 0 Å². The van der Waals surface area contributed by atoms with Crippen LogP contribution >= 0.6 is 33.4 Å². The zero-order valence-corrected chi connectivity index (χ0v) is 13.8. The van der Waals surface area contributed by atoms with Crippen LogP contribution in [0.5, 0.6) is 0 Å². The van der Waals surface area contributed by atoms with Gasteiger partial charge in [-0.3, -0.25) is 0 Å². The smallest absolute Gasteiger partial charge is 0.308 e. The van der Waals surface area contributed by atoms with Crippen LogP contribution in [-0.2, 0) is 0 Å². The number of hydrogen-bond acceptors (Lipinski definition) is 1. The number of halogens is 7. The highest BCUT2D eigenvalue weighted by atomic mass is 35.5. The lowest BCUT2D eigenvalue weighted by Crippen LogP contribution is -2.19. The Morgan fingerprint density at radius 1 is 0.792 bits per heavy atom. The highest BCUT2D eigenvalue weighted by molar-refractivity contribution is 8.45. The van der Waals surface area contributed by atoms with Crippen molar-refractivity contribution >= 4 is 50.8 Å². The Labute approximate surface area is 143 Å². The molecular weight excluding hydrogens is 398 g/mol. The van der Waals surface area contributed by atoms with Crippen LogP contribution in [0.15, 0.2) is 47.4 Å². The van der Waals surface area contributed by atoms with Gasteiger partial charge in [0.05, 0.1) is 10.0 Å².